The van der Waals surface area contributed by atoms with Crippen LogP contribution >= 0.6 is 0 Å². The molecule has 1 N–H and O–H groups in total. The normalized spacial score (nSPS) is 17.0. The van der Waals surface area contributed by atoms with E-state index in [4.69, 9.17) is 4.74 Å². The van der Waals surface area contributed by atoms with Gasteiger partial charge < -0.3 is 10.1 Å². The van der Waals surface area contributed by atoms with Crippen LogP contribution < -0.4 is 5.32 Å². The van der Waals surface area contributed by atoms with Gasteiger partial charge in [0.25, 0.3) is 0 Å². The molecule has 23 heavy (non-hydrogen) atoms. The molecule has 1 saturated heterocycles. The number of carbonyl (C=O) groups is 1. The smallest absolute Gasteiger partial charge is 0.407 e. The number of rotatable bonds is 5. The van der Waals surface area contributed by atoms with Gasteiger partial charge in [-0.25, -0.2) is 17.5 Å². The Morgan fingerprint density at radius 1 is 1.35 bits per heavy atom. The van der Waals surface area contributed by atoms with Gasteiger partial charge in [-0.15, -0.1) is 0 Å². The fourth-order valence-electron chi connectivity index (χ4n) is 2.72. The van der Waals surface area contributed by atoms with Crippen molar-refractivity contribution in [2.75, 3.05) is 19.7 Å². The van der Waals surface area contributed by atoms with E-state index in [1.165, 1.54) is 4.31 Å². The number of alkyl carbamates (subject to hydrolysis) is 1. The number of piperidine rings is 1. The lowest BCUT2D eigenvalue weighted by Crippen LogP contribution is -2.46. The molecule has 2 rings (SSSR count). The highest BCUT2D eigenvalue weighted by atomic mass is 32.2. The summed E-state index contributed by atoms with van der Waals surface area (Å²) in [6, 6.07) is 7.52. The van der Waals surface area contributed by atoms with Crippen LogP contribution in [0.1, 0.15) is 30.9 Å². The monoisotopic (exact) mass is 340 g/mol. The lowest BCUT2D eigenvalue weighted by Gasteiger charge is -2.31. The molecule has 1 fully saturated rings. The maximum absolute atomic E-state index is 12.5. The van der Waals surface area contributed by atoms with Crippen LogP contribution in [0.2, 0.25) is 0 Å². The summed E-state index contributed by atoms with van der Waals surface area (Å²) < 4.78 is 31.4. The van der Waals surface area contributed by atoms with Crippen molar-refractivity contribution in [3.05, 3.63) is 35.4 Å². The second kappa shape index (κ2) is 7.79. The zero-order valence-electron chi connectivity index (χ0n) is 13.6. The number of benzene rings is 1. The SMILES string of the molecule is CCOC(=O)NC1CCN(S(=O)(=O)Cc2cccc(C)c2)CC1. The van der Waals surface area contributed by atoms with Crippen molar-refractivity contribution in [3.8, 4) is 0 Å². The van der Waals surface area contributed by atoms with Crippen molar-refractivity contribution in [2.24, 2.45) is 0 Å². The van der Waals surface area contributed by atoms with Crippen LogP contribution in [0, 0.1) is 6.92 Å². The minimum absolute atomic E-state index is 0.0185. The Morgan fingerprint density at radius 2 is 2.04 bits per heavy atom. The molecular formula is C16H24N2O4S. The topological polar surface area (TPSA) is 75.7 Å². The van der Waals surface area contributed by atoms with Crippen molar-refractivity contribution >= 4 is 16.1 Å². The fraction of sp³-hybridized carbons (Fsp3) is 0.562. The maximum Gasteiger partial charge on any atom is 0.407 e. The summed E-state index contributed by atoms with van der Waals surface area (Å²) in [5.74, 6) is 0.0185. The van der Waals surface area contributed by atoms with Crippen LogP contribution in [-0.2, 0) is 20.5 Å². The maximum atomic E-state index is 12.5. The van der Waals surface area contributed by atoms with E-state index < -0.39 is 16.1 Å². The summed E-state index contributed by atoms with van der Waals surface area (Å²) in [6.07, 6.45) is 0.770. The summed E-state index contributed by atoms with van der Waals surface area (Å²) in [5.41, 5.74) is 1.85. The third-order valence-corrected chi connectivity index (χ3v) is 5.73. The number of carbonyl (C=O) groups excluding carboxylic acids is 1. The predicted molar refractivity (Wildman–Crippen MR) is 88.6 cm³/mol. The molecule has 1 aliphatic rings. The van der Waals surface area contributed by atoms with E-state index in [0.717, 1.165) is 11.1 Å². The lowest BCUT2D eigenvalue weighted by molar-refractivity contribution is 0.143. The van der Waals surface area contributed by atoms with Gasteiger partial charge in [-0.05, 0) is 32.3 Å². The van der Waals surface area contributed by atoms with Gasteiger partial charge in [-0.3, -0.25) is 0 Å². The first-order chi connectivity index (χ1) is 10.9. The molecular weight excluding hydrogens is 316 g/mol. The van der Waals surface area contributed by atoms with Gasteiger partial charge in [0, 0.05) is 19.1 Å². The molecule has 0 aliphatic carbocycles. The van der Waals surface area contributed by atoms with Gasteiger partial charge in [0.2, 0.25) is 10.0 Å². The number of hydrogen-bond donors (Lipinski definition) is 1. The predicted octanol–water partition coefficient (Wildman–Crippen LogP) is 2.04. The van der Waals surface area contributed by atoms with Crippen LogP contribution in [0.15, 0.2) is 24.3 Å². The third kappa shape index (κ3) is 5.21. The first-order valence-electron chi connectivity index (χ1n) is 7.87. The van der Waals surface area contributed by atoms with Crippen LogP contribution in [0.4, 0.5) is 4.79 Å². The molecule has 0 spiro atoms. The molecule has 0 aromatic heterocycles. The van der Waals surface area contributed by atoms with E-state index in [9.17, 15) is 13.2 Å². The Balaban J connectivity index is 1.89. The van der Waals surface area contributed by atoms with Crippen LogP contribution in [0.25, 0.3) is 0 Å². The minimum Gasteiger partial charge on any atom is -0.450 e. The summed E-state index contributed by atoms with van der Waals surface area (Å²) in [5, 5.41) is 2.77. The Labute approximate surface area is 137 Å². The number of sulfonamides is 1. The van der Waals surface area contributed by atoms with Crippen LogP contribution in [-0.4, -0.2) is 44.6 Å². The second-order valence-corrected chi connectivity index (χ2v) is 7.75. The Hall–Kier alpha value is -1.60. The average molecular weight is 340 g/mol. The first-order valence-corrected chi connectivity index (χ1v) is 9.48. The summed E-state index contributed by atoms with van der Waals surface area (Å²) in [4.78, 5) is 11.4. The Bertz CT molecular complexity index is 637. The molecule has 0 bridgehead atoms. The first kappa shape index (κ1) is 17.7. The quantitative estimate of drug-likeness (QED) is 0.890. The molecule has 1 aromatic rings. The van der Waals surface area contributed by atoms with Gasteiger partial charge >= 0.3 is 6.09 Å². The number of nitrogens with one attached hydrogen (secondary N) is 1. The van der Waals surface area contributed by atoms with E-state index in [-0.39, 0.29) is 11.8 Å². The highest BCUT2D eigenvalue weighted by Crippen LogP contribution is 2.18. The average Bonchev–Trinajstić information content (AvgIpc) is 2.47. The largest absolute Gasteiger partial charge is 0.450 e. The molecule has 1 aromatic carbocycles. The Kier molecular flexibility index (Phi) is 6.01. The molecule has 1 heterocycles. The molecule has 1 amide bonds. The van der Waals surface area contributed by atoms with E-state index in [2.05, 4.69) is 5.32 Å². The molecule has 0 unspecified atom stereocenters. The number of ether oxygens (including phenoxy) is 1. The van der Waals surface area contributed by atoms with Crippen LogP contribution in [0.5, 0.6) is 0 Å². The van der Waals surface area contributed by atoms with Gasteiger partial charge in [0.1, 0.15) is 0 Å². The molecule has 1 aliphatic heterocycles. The molecule has 0 atom stereocenters. The van der Waals surface area contributed by atoms with Crippen molar-refractivity contribution in [2.45, 2.75) is 38.5 Å². The van der Waals surface area contributed by atoms with Crippen molar-refractivity contribution in [3.63, 3.8) is 0 Å². The van der Waals surface area contributed by atoms with E-state index >= 15 is 0 Å². The van der Waals surface area contributed by atoms with E-state index in [1.807, 2.05) is 31.2 Å². The van der Waals surface area contributed by atoms with Gasteiger partial charge in [-0.1, -0.05) is 29.8 Å². The summed E-state index contributed by atoms with van der Waals surface area (Å²) in [6.45, 7) is 4.87. The number of aryl methyl sites for hydroxylation is 1. The van der Waals surface area contributed by atoms with Gasteiger partial charge in [-0.2, -0.15) is 0 Å². The molecule has 7 heteroatoms. The van der Waals surface area contributed by atoms with E-state index in [1.54, 1.807) is 6.92 Å². The Morgan fingerprint density at radius 3 is 2.65 bits per heavy atom. The van der Waals surface area contributed by atoms with Crippen molar-refractivity contribution in [1.29, 1.82) is 0 Å². The number of amides is 1. The zero-order valence-corrected chi connectivity index (χ0v) is 14.4. The van der Waals surface area contributed by atoms with E-state index in [0.29, 0.717) is 32.5 Å². The number of hydrogen-bond acceptors (Lipinski definition) is 4. The molecule has 128 valence electrons. The molecule has 6 nitrogen and oxygen atoms in total. The van der Waals surface area contributed by atoms with Gasteiger partial charge in [0.15, 0.2) is 0 Å². The molecule has 0 radical (unpaired) electrons. The highest BCUT2D eigenvalue weighted by molar-refractivity contribution is 7.88. The summed E-state index contributed by atoms with van der Waals surface area (Å²) >= 11 is 0. The highest BCUT2D eigenvalue weighted by Gasteiger charge is 2.28. The lowest BCUT2D eigenvalue weighted by atomic mass is 10.1. The minimum atomic E-state index is -3.33. The second-order valence-electron chi connectivity index (χ2n) is 5.78. The number of nitrogens with zero attached hydrogens (tertiary/aromatic N) is 1. The standard InChI is InChI=1S/C16H24N2O4S/c1-3-22-16(19)17-15-7-9-18(10-8-15)23(20,21)12-14-6-4-5-13(2)11-14/h4-6,11,15H,3,7-10,12H2,1-2H3,(H,17,19). The zero-order chi connectivity index (χ0) is 16.9. The van der Waals surface area contributed by atoms with Crippen LogP contribution in [0.3, 0.4) is 0 Å². The third-order valence-electron chi connectivity index (χ3n) is 3.88. The summed E-state index contributed by atoms with van der Waals surface area (Å²) in [7, 11) is -3.33. The van der Waals surface area contributed by atoms with Crippen molar-refractivity contribution < 1.29 is 17.9 Å². The van der Waals surface area contributed by atoms with Gasteiger partial charge in [0.05, 0.1) is 12.4 Å². The van der Waals surface area contributed by atoms with Crippen molar-refractivity contribution in [1.82, 2.24) is 9.62 Å². The molecule has 0 saturated carbocycles. The fourth-order valence-corrected chi connectivity index (χ4v) is 4.27.